The number of aryl methyl sites for hydroxylation is 1. The Kier molecular flexibility index (Phi) is 4.29. The number of hydrogen-bond acceptors (Lipinski definition) is 7. The molecule has 8 nitrogen and oxygen atoms in total. The number of anilines is 1. The van der Waals surface area contributed by atoms with Crippen LogP contribution in [0.5, 0.6) is 11.6 Å². The zero-order valence-corrected chi connectivity index (χ0v) is 11.3. The molecule has 0 amide bonds. The predicted molar refractivity (Wildman–Crippen MR) is 75.1 cm³/mol. The number of para-hydroxylation sites is 1. The molecule has 8 heteroatoms. The molecule has 0 fully saturated rings. The van der Waals surface area contributed by atoms with Crippen LogP contribution in [0, 0.1) is 17.0 Å². The minimum atomic E-state index is -0.612. The van der Waals surface area contributed by atoms with Gasteiger partial charge in [-0.25, -0.2) is 4.98 Å². The smallest absolute Gasteiger partial charge is 0.352 e. The van der Waals surface area contributed by atoms with Crippen LogP contribution in [0.2, 0.25) is 0 Å². The number of aliphatic hydroxyl groups is 1. The van der Waals surface area contributed by atoms with Crippen LogP contribution in [-0.2, 0) is 6.42 Å². The lowest BCUT2D eigenvalue weighted by atomic mass is 10.1. The van der Waals surface area contributed by atoms with Crippen molar-refractivity contribution in [1.82, 2.24) is 9.97 Å². The minimum Gasteiger partial charge on any atom is -0.433 e. The summed E-state index contributed by atoms with van der Waals surface area (Å²) in [6.45, 7) is 1.40. The number of hydrogen-bond donors (Lipinski definition) is 2. The van der Waals surface area contributed by atoms with Gasteiger partial charge >= 0.3 is 11.6 Å². The quantitative estimate of drug-likeness (QED) is 0.632. The van der Waals surface area contributed by atoms with E-state index in [9.17, 15) is 10.1 Å². The van der Waals surface area contributed by atoms with Crippen molar-refractivity contribution in [2.45, 2.75) is 13.3 Å². The number of nitrogens with zero attached hydrogens (tertiary/aromatic N) is 3. The number of nitro groups is 1. The summed E-state index contributed by atoms with van der Waals surface area (Å²) < 4.78 is 5.53. The van der Waals surface area contributed by atoms with Gasteiger partial charge in [0.2, 0.25) is 5.95 Å². The first-order valence-electron chi connectivity index (χ1n) is 6.18. The largest absolute Gasteiger partial charge is 0.433 e. The normalized spacial score (nSPS) is 10.4. The third-order valence-corrected chi connectivity index (χ3v) is 2.79. The Morgan fingerprint density at radius 1 is 1.38 bits per heavy atom. The SMILES string of the molecule is Cc1nc(N)nc(Oc2ccccc2CCO)c1[N+](=O)[O-]. The van der Waals surface area contributed by atoms with Crippen molar-refractivity contribution < 1.29 is 14.8 Å². The molecule has 0 spiro atoms. The van der Waals surface area contributed by atoms with Crippen molar-refractivity contribution in [1.29, 1.82) is 0 Å². The van der Waals surface area contributed by atoms with E-state index < -0.39 is 4.92 Å². The van der Waals surface area contributed by atoms with Crippen LogP contribution in [0.4, 0.5) is 11.6 Å². The van der Waals surface area contributed by atoms with Crippen molar-refractivity contribution in [2.75, 3.05) is 12.3 Å². The van der Waals surface area contributed by atoms with Crippen molar-refractivity contribution in [3.63, 3.8) is 0 Å². The van der Waals surface area contributed by atoms with Gasteiger partial charge in [-0.2, -0.15) is 4.98 Å². The number of benzene rings is 1. The van der Waals surface area contributed by atoms with E-state index in [0.29, 0.717) is 17.7 Å². The Hall–Kier alpha value is -2.74. The summed E-state index contributed by atoms with van der Waals surface area (Å²) in [6.07, 6.45) is 0.365. The fourth-order valence-corrected chi connectivity index (χ4v) is 1.88. The van der Waals surface area contributed by atoms with E-state index in [1.807, 2.05) is 0 Å². The van der Waals surface area contributed by atoms with E-state index in [1.54, 1.807) is 24.3 Å². The minimum absolute atomic E-state index is 0.0621. The van der Waals surface area contributed by atoms with E-state index in [4.69, 9.17) is 15.6 Å². The molecule has 0 saturated carbocycles. The molecule has 0 bridgehead atoms. The Bertz CT molecular complexity index is 675. The van der Waals surface area contributed by atoms with Gasteiger partial charge in [0.05, 0.1) is 4.92 Å². The van der Waals surface area contributed by atoms with Gasteiger partial charge in [-0.1, -0.05) is 18.2 Å². The molecule has 0 saturated heterocycles. The predicted octanol–water partition coefficient (Wildman–Crippen LogP) is 1.60. The highest BCUT2D eigenvalue weighted by Crippen LogP contribution is 2.33. The van der Waals surface area contributed by atoms with Crippen molar-refractivity contribution in [3.05, 3.63) is 45.6 Å². The van der Waals surface area contributed by atoms with Crippen molar-refractivity contribution >= 4 is 11.6 Å². The molecule has 1 aromatic carbocycles. The van der Waals surface area contributed by atoms with E-state index in [1.165, 1.54) is 6.92 Å². The molecular weight excluding hydrogens is 276 g/mol. The summed E-state index contributed by atoms with van der Waals surface area (Å²) in [5.74, 6) is 0.0651. The van der Waals surface area contributed by atoms with Gasteiger partial charge in [0.15, 0.2) is 0 Å². The topological polar surface area (TPSA) is 124 Å². The third kappa shape index (κ3) is 3.23. The zero-order chi connectivity index (χ0) is 15.4. The molecule has 1 aromatic heterocycles. The Morgan fingerprint density at radius 3 is 2.76 bits per heavy atom. The molecule has 110 valence electrons. The molecule has 0 atom stereocenters. The van der Waals surface area contributed by atoms with E-state index >= 15 is 0 Å². The molecular formula is C13H14N4O4. The van der Waals surface area contributed by atoms with E-state index in [0.717, 1.165) is 0 Å². The molecule has 2 aromatic rings. The van der Waals surface area contributed by atoms with Gasteiger partial charge in [0.1, 0.15) is 11.4 Å². The standard InChI is InChI=1S/C13H14N4O4/c1-8-11(17(19)20)12(16-13(14)15-8)21-10-5-3-2-4-9(10)6-7-18/h2-5,18H,6-7H2,1H3,(H2,14,15,16). The van der Waals surface area contributed by atoms with E-state index in [-0.39, 0.29) is 29.8 Å². The van der Waals surface area contributed by atoms with Crippen LogP contribution in [0.15, 0.2) is 24.3 Å². The lowest BCUT2D eigenvalue weighted by Crippen LogP contribution is -2.05. The lowest BCUT2D eigenvalue weighted by Gasteiger charge is -2.10. The third-order valence-electron chi connectivity index (χ3n) is 2.79. The van der Waals surface area contributed by atoms with Gasteiger partial charge in [-0.3, -0.25) is 10.1 Å². The van der Waals surface area contributed by atoms with Crippen molar-refractivity contribution in [2.24, 2.45) is 0 Å². The zero-order valence-electron chi connectivity index (χ0n) is 11.3. The highest BCUT2D eigenvalue weighted by Gasteiger charge is 2.24. The summed E-state index contributed by atoms with van der Waals surface area (Å²) in [5, 5.41) is 20.2. The lowest BCUT2D eigenvalue weighted by molar-refractivity contribution is -0.386. The molecule has 1 heterocycles. The maximum absolute atomic E-state index is 11.1. The number of ether oxygens (including phenoxy) is 1. The van der Waals surface area contributed by atoms with Gasteiger partial charge in [-0.15, -0.1) is 0 Å². The first kappa shape index (κ1) is 14.7. The maximum Gasteiger partial charge on any atom is 0.352 e. The van der Waals surface area contributed by atoms with Crippen LogP contribution in [0.1, 0.15) is 11.3 Å². The monoisotopic (exact) mass is 290 g/mol. The van der Waals surface area contributed by atoms with Crippen LogP contribution < -0.4 is 10.5 Å². The molecule has 21 heavy (non-hydrogen) atoms. The summed E-state index contributed by atoms with van der Waals surface area (Å²) in [6, 6.07) is 6.91. The summed E-state index contributed by atoms with van der Waals surface area (Å²) in [7, 11) is 0. The van der Waals surface area contributed by atoms with Crippen LogP contribution in [0.25, 0.3) is 0 Å². The average molecular weight is 290 g/mol. The van der Waals surface area contributed by atoms with E-state index in [2.05, 4.69) is 9.97 Å². The van der Waals surface area contributed by atoms with Gasteiger partial charge in [-0.05, 0) is 25.0 Å². The second-order valence-corrected chi connectivity index (χ2v) is 4.26. The van der Waals surface area contributed by atoms with Crippen LogP contribution >= 0.6 is 0 Å². The number of nitrogen functional groups attached to an aromatic ring is 1. The number of aliphatic hydroxyl groups excluding tert-OH is 1. The second kappa shape index (κ2) is 6.14. The molecule has 0 aliphatic heterocycles. The number of rotatable bonds is 5. The molecule has 3 N–H and O–H groups in total. The number of aromatic nitrogens is 2. The first-order chi connectivity index (χ1) is 10.0. The van der Waals surface area contributed by atoms with Gasteiger partial charge in [0.25, 0.3) is 0 Å². The first-order valence-corrected chi connectivity index (χ1v) is 6.18. The molecule has 0 radical (unpaired) electrons. The van der Waals surface area contributed by atoms with Crippen molar-refractivity contribution in [3.8, 4) is 11.6 Å². The van der Waals surface area contributed by atoms with Crippen LogP contribution in [0.3, 0.4) is 0 Å². The number of nitrogens with two attached hydrogens (primary N) is 1. The summed E-state index contributed by atoms with van der Waals surface area (Å²) in [5.41, 5.74) is 6.02. The second-order valence-electron chi connectivity index (χ2n) is 4.26. The highest BCUT2D eigenvalue weighted by atomic mass is 16.6. The fraction of sp³-hybridized carbons (Fsp3) is 0.231. The maximum atomic E-state index is 11.1. The average Bonchev–Trinajstić information content (AvgIpc) is 2.40. The molecule has 0 aliphatic rings. The summed E-state index contributed by atoms with van der Waals surface area (Å²) in [4.78, 5) is 18.1. The fourth-order valence-electron chi connectivity index (χ4n) is 1.88. The Morgan fingerprint density at radius 2 is 2.10 bits per heavy atom. The van der Waals surface area contributed by atoms with Gasteiger partial charge < -0.3 is 15.6 Å². The summed E-state index contributed by atoms with van der Waals surface area (Å²) >= 11 is 0. The highest BCUT2D eigenvalue weighted by molar-refractivity contribution is 5.50. The molecule has 0 aliphatic carbocycles. The Labute approximate surface area is 120 Å². The molecule has 2 rings (SSSR count). The molecule has 0 unspecified atom stereocenters. The van der Waals surface area contributed by atoms with Crippen LogP contribution in [-0.4, -0.2) is 26.6 Å². The van der Waals surface area contributed by atoms with Gasteiger partial charge in [0, 0.05) is 6.61 Å². The Balaban J connectivity index is 2.47.